The van der Waals surface area contributed by atoms with Crippen LogP contribution in [0.15, 0.2) is 48.8 Å². The third kappa shape index (κ3) is 2.63. The van der Waals surface area contributed by atoms with Crippen LogP contribution >= 0.6 is 0 Å². The fourth-order valence-corrected chi connectivity index (χ4v) is 2.11. The zero-order valence-electron chi connectivity index (χ0n) is 12.0. The number of nitrogen functional groups attached to an aromatic ring is 1. The van der Waals surface area contributed by atoms with Crippen molar-refractivity contribution < 1.29 is 0 Å². The van der Waals surface area contributed by atoms with Crippen LogP contribution in [-0.2, 0) is 0 Å². The summed E-state index contributed by atoms with van der Waals surface area (Å²) in [5, 5.41) is 8.95. The molecule has 0 aliphatic heterocycles. The molecule has 5 nitrogen and oxygen atoms in total. The van der Waals surface area contributed by atoms with Gasteiger partial charge in [-0.1, -0.05) is 29.8 Å². The largest absolute Gasteiger partial charge is 0.383 e. The second-order valence-electron chi connectivity index (χ2n) is 4.90. The van der Waals surface area contributed by atoms with Crippen molar-refractivity contribution in [3.8, 4) is 28.6 Å². The Kier molecular flexibility index (Phi) is 3.50. The second kappa shape index (κ2) is 5.62. The van der Waals surface area contributed by atoms with Gasteiger partial charge in [-0.25, -0.2) is 15.0 Å². The number of aromatic nitrogens is 3. The highest BCUT2D eigenvalue weighted by molar-refractivity contribution is 5.76. The van der Waals surface area contributed by atoms with Gasteiger partial charge in [-0.15, -0.1) is 0 Å². The Balaban J connectivity index is 2.10. The number of aryl methyl sites for hydroxylation is 1. The van der Waals surface area contributed by atoms with Crippen LogP contribution in [0.2, 0.25) is 0 Å². The molecule has 0 bridgehead atoms. The molecule has 0 unspecified atom stereocenters. The van der Waals surface area contributed by atoms with Crippen LogP contribution in [0.1, 0.15) is 11.3 Å². The van der Waals surface area contributed by atoms with Crippen molar-refractivity contribution >= 4 is 5.82 Å². The minimum Gasteiger partial charge on any atom is -0.383 e. The minimum absolute atomic E-state index is 0.296. The number of pyridine rings is 1. The van der Waals surface area contributed by atoms with Crippen LogP contribution < -0.4 is 5.73 Å². The van der Waals surface area contributed by atoms with Gasteiger partial charge in [0.25, 0.3) is 0 Å². The molecular formula is C17H13N5. The first-order valence-electron chi connectivity index (χ1n) is 6.73. The van der Waals surface area contributed by atoms with Crippen molar-refractivity contribution in [1.82, 2.24) is 15.0 Å². The molecule has 0 aliphatic carbocycles. The average Bonchev–Trinajstić information content (AvgIpc) is 2.56. The van der Waals surface area contributed by atoms with E-state index in [1.165, 1.54) is 5.56 Å². The lowest BCUT2D eigenvalue weighted by Gasteiger charge is -2.07. The van der Waals surface area contributed by atoms with Gasteiger partial charge in [-0.2, -0.15) is 5.26 Å². The van der Waals surface area contributed by atoms with E-state index < -0.39 is 0 Å². The Hall–Kier alpha value is -3.26. The Labute approximate surface area is 128 Å². The maximum atomic E-state index is 8.95. The Morgan fingerprint density at radius 1 is 1.05 bits per heavy atom. The number of benzene rings is 1. The van der Waals surface area contributed by atoms with Gasteiger partial charge in [-0.05, 0) is 24.6 Å². The van der Waals surface area contributed by atoms with Crippen molar-refractivity contribution in [2.45, 2.75) is 6.92 Å². The molecule has 3 rings (SSSR count). The van der Waals surface area contributed by atoms with Gasteiger partial charge in [0.05, 0.1) is 5.56 Å². The Morgan fingerprint density at radius 3 is 2.55 bits per heavy atom. The summed E-state index contributed by atoms with van der Waals surface area (Å²) in [7, 11) is 0. The number of hydrogen-bond acceptors (Lipinski definition) is 5. The van der Waals surface area contributed by atoms with E-state index in [1.54, 1.807) is 18.5 Å². The van der Waals surface area contributed by atoms with Crippen LogP contribution in [0.4, 0.5) is 5.82 Å². The zero-order valence-corrected chi connectivity index (χ0v) is 12.0. The predicted octanol–water partition coefficient (Wildman–Crippen LogP) is 2.97. The number of rotatable bonds is 2. The van der Waals surface area contributed by atoms with Crippen LogP contribution in [-0.4, -0.2) is 15.0 Å². The van der Waals surface area contributed by atoms with E-state index in [-0.39, 0.29) is 0 Å². The van der Waals surface area contributed by atoms with Crippen LogP contribution in [0.25, 0.3) is 22.5 Å². The molecule has 0 fully saturated rings. The maximum absolute atomic E-state index is 8.95. The molecule has 0 saturated carbocycles. The van der Waals surface area contributed by atoms with Crippen molar-refractivity contribution in [2.24, 2.45) is 0 Å². The van der Waals surface area contributed by atoms with E-state index in [2.05, 4.69) is 15.0 Å². The van der Waals surface area contributed by atoms with Crippen molar-refractivity contribution in [1.29, 1.82) is 5.26 Å². The van der Waals surface area contributed by atoms with Crippen LogP contribution in [0.5, 0.6) is 0 Å². The summed E-state index contributed by atoms with van der Waals surface area (Å²) in [6.07, 6.45) is 3.26. The van der Waals surface area contributed by atoms with E-state index in [1.807, 2.05) is 43.3 Å². The van der Waals surface area contributed by atoms with E-state index in [4.69, 9.17) is 11.0 Å². The zero-order chi connectivity index (χ0) is 15.5. The molecule has 106 valence electrons. The van der Waals surface area contributed by atoms with Gasteiger partial charge < -0.3 is 5.73 Å². The lowest BCUT2D eigenvalue weighted by Crippen LogP contribution is -1.99. The summed E-state index contributed by atoms with van der Waals surface area (Å²) in [4.78, 5) is 12.6. The molecule has 0 radical (unpaired) electrons. The molecule has 22 heavy (non-hydrogen) atoms. The lowest BCUT2D eigenvalue weighted by atomic mass is 10.0. The number of nitrogens with zero attached hydrogens (tertiary/aromatic N) is 4. The first-order chi connectivity index (χ1) is 10.7. The minimum atomic E-state index is 0.296. The molecule has 0 aliphatic rings. The van der Waals surface area contributed by atoms with E-state index in [9.17, 15) is 0 Å². The molecule has 1 aromatic carbocycles. The lowest BCUT2D eigenvalue weighted by molar-refractivity contribution is 1.14. The maximum Gasteiger partial charge on any atom is 0.164 e. The van der Waals surface area contributed by atoms with E-state index in [0.717, 1.165) is 11.1 Å². The third-order valence-electron chi connectivity index (χ3n) is 3.31. The quantitative estimate of drug-likeness (QED) is 0.782. The fraction of sp³-hybridized carbons (Fsp3) is 0.0588. The van der Waals surface area contributed by atoms with Gasteiger partial charge in [0.15, 0.2) is 5.82 Å². The van der Waals surface area contributed by atoms with Gasteiger partial charge in [0.1, 0.15) is 17.6 Å². The number of nitriles is 1. The third-order valence-corrected chi connectivity index (χ3v) is 3.31. The fourth-order valence-electron chi connectivity index (χ4n) is 2.11. The monoisotopic (exact) mass is 287 g/mol. The summed E-state index contributed by atoms with van der Waals surface area (Å²) >= 11 is 0. The highest BCUT2D eigenvalue weighted by Gasteiger charge is 2.10. The first-order valence-corrected chi connectivity index (χ1v) is 6.73. The van der Waals surface area contributed by atoms with Gasteiger partial charge in [0.2, 0.25) is 0 Å². The predicted molar refractivity (Wildman–Crippen MR) is 84.6 cm³/mol. The average molecular weight is 287 g/mol. The Morgan fingerprint density at radius 2 is 1.82 bits per heavy atom. The number of anilines is 1. The summed E-state index contributed by atoms with van der Waals surface area (Å²) in [5.74, 6) is 0.740. The Bertz CT molecular complexity index is 863. The molecule has 2 heterocycles. The second-order valence-corrected chi connectivity index (χ2v) is 4.90. The molecule has 0 atom stereocenters. The summed E-state index contributed by atoms with van der Waals surface area (Å²) in [6.45, 7) is 2.04. The molecule has 5 heteroatoms. The van der Waals surface area contributed by atoms with Crippen molar-refractivity contribution in [3.05, 3.63) is 60.0 Å². The summed E-state index contributed by atoms with van der Waals surface area (Å²) in [6, 6.07) is 13.6. The normalized spacial score (nSPS) is 10.2. The van der Waals surface area contributed by atoms with E-state index in [0.29, 0.717) is 22.9 Å². The van der Waals surface area contributed by atoms with Crippen molar-refractivity contribution in [2.75, 3.05) is 5.73 Å². The molecule has 2 aromatic heterocycles. The smallest absolute Gasteiger partial charge is 0.164 e. The molecule has 2 N–H and O–H groups in total. The van der Waals surface area contributed by atoms with Gasteiger partial charge in [-0.3, -0.25) is 0 Å². The van der Waals surface area contributed by atoms with Crippen LogP contribution in [0.3, 0.4) is 0 Å². The van der Waals surface area contributed by atoms with Gasteiger partial charge >= 0.3 is 0 Å². The topological polar surface area (TPSA) is 88.5 Å². The summed E-state index contributed by atoms with van der Waals surface area (Å²) in [5.41, 5.74) is 10.0. The number of hydrogen-bond donors (Lipinski definition) is 1. The standard InChI is InChI=1S/C17H13N5/c1-11-2-4-12(5-3-11)13-8-15(16(19)21-10-13)17-20-7-6-14(9-18)22-17/h2-8,10H,1H3,(H2,19,21). The van der Waals surface area contributed by atoms with Crippen LogP contribution in [0, 0.1) is 18.3 Å². The number of nitrogens with two attached hydrogens (primary N) is 1. The first kappa shape index (κ1) is 13.7. The molecule has 0 spiro atoms. The molecular weight excluding hydrogens is 274 g/mol. The SMILES string of the molecule is Cc1ccc(-c2cnc(N)c(-c3nccc(C#N)n3)c2)cc1. The van der Waals surface area contributed by atoms with Gasteiger partial charge in [0, 0.05) is 18.0 Å². The highest BCUT2D eigenvalue weighted by Crippen LogP contribution is 2.27. The molecule has 0 amide bonds. The van der Waals surface area contributed by atoms with Crippen molar-refractivity contribution in [3.63, 3.8) is 0 Å². The molecule has 3 aromatic rings. The summed E-state index contributed by atoms with van der Waals surface area (Å²) < 4.78 is 0. The molecule has 0 saturated heterocycles. The van der Waals surface area contributed by atoms with E-state index >= 15 is 0 Å². The highest BCUT2D eigenvalue weighted by atomic mass is 14.9.